The van der Waals surface area contributed by atoms with Crippen LogP contribution in [0, 0.1) is 4.78 Å². The SMILES string of the molecule is CN(C)S(=N)(=O)Nc1ccccc1. The van der Waals surface area contributed by atoms with Gasteiger partial charge < -0.3 is 0 Å². The van der Waals surface area contributed by atoms with Crippen LogP contribution in [0.25, 0.3) is 0 Å². The molecule has 0 spiro atoms. The average molecular weight is 199 g/mol. The van der Waals surface area contributed by atoms with Crippen LogP contribution in [0.2, 0.25) is 0 Å². The molecule has 13 heavy (non-hydrogen) atoms. The fraction of sp³-hybridized carbons (Fsp3) is 0.250. The van der Waals surface area contributed by atoms with Crippen molar-refractivity contribution in [3.05, 3.63) is 30.3 Å². The third-order valence-electron chi connectivity index (χ3n) is 1.54. The molecule has 0 heterocycles. The van der Waals surface area contributed by atoms with Crippen molar-refractivity contribution in [2.75, 3.05) is 18.8 Å². The van der Waals surface area contributed by atoms with Crippen LogP contribution in [0.1, 0.15) is 0 Å². The predicted octanol–water partition coefficient (Wildman–Crippen LogP) is 1.54. The van der Waals surface area contributed by atoms with Crippen LogP contribution in [0.5, 0.6) is 0 Å². The van der Waals surface area contributed by atoms with Crippen LogP contribution < -0.4 is 4.72 Å². The van der Waals surface area contributed by atoms with E-state index in [9.17, 15) is 4.21 Å². The molecule has 0 radical (unpaired) electrons. The number of nitrogens with zero attached hydrogens (tertiary/aromatic N) is 1. The minimum atomic E-state index is -2.87. The van der Waals surface area contributed by atoms with Crippen molar-refractivity contribution in [2.24, 2.45) is 0 Å². The maximum Gasteiger partial charge on any atom is 0.194 e. The van der Waals surface area contributed by atoms with Gasteiger partial charge in [-0.1, -0.05) is 18.2 Å². The van der Waals surface area contributed by atoms with Crippen molar-refractivity contribution < 1.29 is 4.21 Å². The number of benzene rings is 1. The van der Waals surface area contributed by atoms with Crippen LogP contribution in [-0.2, 0) is 10.1 Å². The summed E-state index contributed by atoms with van der Waals surface area (Å²) in [6, 6.07) is 9.07. The summed E-state index contributed by atoms with van der Waals surface area (Å²) in [5.74, 6) is 0. The second kappa shape index (κ2) is 3.76. The number of hydrogen-bond acceptors (Lipinski definition) is 2. The Balaban J connectivity index is 2.82. The molecule has 0 saturated carbocycles. The highest BCUT2D eigenvalue weighted by Crippen LogP contribution is 2.08. The molecule has 0 saturated heterocycles. The molecule has 1 unspecified atom stereocenters. The van der Waals surface area contributed by atoms with E-state index < -0.39 is 10.1 Å². The Hall–Kier alpha value is -1.07. The van der Waals surface area contributed by atoms with E-state index in [0.29, 0.717) is 5.69 Å². The molecular weight excluding hydrogens is 186 g/mol. The summed E-state index contributed by atoms with van der Waals surface area (Å²) in [6.45, 7) is 0. The summed E-state index contributed by atoms with van der Waals surface area (Å²) < 4.78 is 23.0. The Morgan fingerprint density at radius 2 is 1.85 bits per heavy atom. The summed E-state index contributed by atoms with van der Waals surface area (Å²) >= 11 is 0. The number of para-hydroxylation sites is 1. The van der Waals surface area contributed by atoms with Crippen molar-refractivity contribution in [2.45, 2.75) is 0 Å². The van der Waals surface area contributed by atoms with Crippen LogP contribution in [0.4, 0.5) is 5.69 Å². The quantitative estimate of drug-likeness (QED) is 0.762. The Morgan fingerprint density at radius 1 is 1.31 bits per heavy atom. The van der Waals surface area contributed by atoms with Crippen molar-refractivity contribution in [3.63, 3.8) is 0 Å². The molecule has 2 N–H and O–H groups in total. The molecule has 0 aliphatic carbocycles. The lowest BCUT2D eigenvalue weighted by Crippen LogP contribution is -2.27. The summed E-state index contributed by atoms with van der Waals surface area (Å²) in [7, 11) is 0.337. The number of rotatable bonds is 3. The van der Waals surface area contributed by atoms with Gasteiger partial charge in [-0.15, -0.1) is 0 Å². The first-order valence-corrected chi connectivity index (χ1v) is 5.33. The Bertz CT molecular complexity index is 358. The molecule has 4 nitrogen and oxygen atoms in total. The largest absolute Gasteiger partial charge is 0.287 e. The zero-order chi connectivity index (χ0) is 9.90. The summed E-state index contributed by atoms with van der Waals surface area (Å²) in [4.78, 5) is 0. The Kier molecular flexibility index (Phi) is 2.90. The van der Waals surface area contributed by atoms with Gasteiger partial charge in [-0.05, 0) is 12.1 Å². The molecule has 1 rings (SSSR count). The van der Waals surface area contributed by atoms with Crippen molar-refractivity contribution in [1.29, 1.82) is 4.78 Å². The lowest BCUT2D eigenvalue weighted by Gasteiger charge is -2.16. The highest BCUT2D eigenvalue weighted by molar-refractivity contribution is 7.91. The average Bonchev–Trinajstić information content (AvgIpc) is 2.05. The summed E-state index contributed by atoms with van der Waals surface area (Å²) in [5.41, 5.74) is 0.691. The monoisotopic (exact) mass is 199 g/mol. The summed E-state index contributed by atoms with van der Waals surface area (Å²) in [6.07, 6.45) is 0. The second-order valence-corrected chi connectivity index (χ2v) is 4.79. The van der Waals surface area contributed by atoms with E-state index in [1.807, 2.05) is 18.2 Å². The topological polar surface area (TPSA) is 56.2 Å². The van der Waals surface area contributed by atoms with Crippen LogP contribution in [-0.4, -0.2) is 22.6 Å². The molecule has 72 valence electrons. The van der Waals surface area contributed by atoms with Gasteiger partial charge >= 0.3 is 0 Å². The summed E-state index contributed by atoms with van der Waals surface area (Å²) in [5, 5.41) is 0. The number of anilines is 1. The van der Waals surface area contributed by atoms with Gasteiger partial charge in [0.25, 0.3) is 0 Å². The van der Waals surface area contributed by atoms with Gasteiger partial charge in [-0.3, -0.25) is 4.72 Å². The highest BCUT2D eigenvalue weighted by atomic mass is 32.2. The molecule has 0 aliphatic heterocycles. The molecule has 5 heteroatoms. The minimum Gasteiger partial charge on any atom is -0.287 e. The highest BCUT2D eigenvalue weighted by Gasteiger charge is 2.07. The number of hydrogen-bond donors (Lipinski definition) is 2. The fourth-order valence-corrected chi connectivity index (χ4v) is 1.40. The van der Waals surface area contributed by atoms with E-state index in [0.717, 1.165) is 0 Å². The van der Waals surface area contributed by atoms with Crippen LogP contribution >= 0.6 is 0 Å². The maximum atomic E-state index is 11.5. The molecule has 1 aromatic carbocycles. The van der Waals surface area contributed by atoms with Crippen LogP contribution in [0.3, 0.4) is 0 Å². The molecule has 0 bridgehead atoms. The Morgan fingerprint density at radius 3 is 2.31 bits per heavy atom. The Labute approximate surface area is 78.8 Å². The predicted molar refractivity (Wildman–Crippen MR) is 54.6 cm³/mol. The number of nitrogens with one attached hydrogen (secondary N) is 2. The molecule has 1 atom stereocenters. The fourth-order valence-electron chi connectivity index (χ4n) is 0.757. The zero-order valence-electron chi connectivity index (χ0n) is 7.65. The van der Waals surface area contributed by atoms with Crippen molar-refractivity contribution in [1.82, 2.24) is 4.31 Å². The molecular formula is C8H13N3OS. The van der Waals surface area contributed by atoms with E-state index in [1.54, 1.807) is 26.2 Å². The van der Waals surface area contributed by atoms with Gasteiger partial charge in [0.2, 0.25) is 0 Å². The third-order valence-corrected chi connectivity index (χ3v) is 3.09. The molecule has 0 aliphatic rings. The van der Waals surface area contributed by atoms with Crippen molar-refractivity contribution >= 4 is 15.8 Å². The second-order valence-electron chi connectivity index (χ2n) is 2.81. The smallest absolute Gasteiger partial charge is 0.194 e. The van der Waals surface area contributed by atoms with Crippen molar-refractivity contribution in [3.8, 4) is 0 Å². The van der Waals surface area contributed by atoms with E-state index >= 15 is 0 Å². The van der Waals surface area contributed by atoms with E-state index in [-0.39, 0.29) is 0 Å². The molecule has 0 aromatic heterocycles. The van der Waals surface area contributed by atoms with Gasteiger partial charge in [-0.25, -0.2) is 13.3 Å². The van der Waals surface area contributed by atoms with E-state index in [2.05, 4.69) is 4.72 Å². The minimum absolute atomic E-state index is 0.691. The lowest BCUT2D eigenvalue weighted by atomic mass is 10.3. The van der Waals surface area contributed by atoms with Gasteiger partial charge in [0, 0.05) is 19.8 Å². The van der Waals surface area contributed by atoms with Gasteiger partial charge in [0.15, 0.2) is 10.1 Å². The first-order valence-electron chi connectivity index (χ1n) is 3.81. The maximum absolute atomic E-state index is 11.5. The molecule has 1 aromatic rings. The van der Waals surface area contributed by atoms with Crippen LogP contribution in [0.15, 0.2) is 30.3 Å². The zero-order valence-corrected chi connectivity index (χ0v) is 8.47. The first kappa shape index (κ1) is 10.0. The normalized spacial score (nSPS) is 15.3. The molecule has 0 amide bonds. The third kappa shape index (κ3) is 2.71. The standard InChI is InChI=1S/C8H13N3OS/c1-11(2)13(9,12)10-8-6-4-3-5-7-8/h3-7H,1-2H3,(H2,9,10,12). The van der Waals surface area contributed by atoms with Gasteiger partial charge in [0.1, 0.15) is 0 Å². The van der Waals surface area contributed by atoms with E-state index in [4.69, 9.17) is 4.78 Å². The lowest BCUT2D eigenvalue weighted by molar-refractivity contribution is 0.594. The van der Waals surface area contributed by atoms with Gasteiger partial charge in [-0.2, -0.15) is 0 Å². The first-order chi connectivity index (χ1) is 6.02. The van der Waals surface area contributed by atoms with E-state index in [1.165, 1.54) is 4.31 Å². The molecule has 0 fully saturated rings. The van der Waals surface area contributed by atoms with Gasteiger partial charge in [0.05, 0.1) is 0 Å².